The monoisotopic (exact) mass is 293 g/mol. The largest absolute Gasteiger partial charge is 0.397 e. The number of nitrogens with two attached hydrogens (primary N) is 2. The minimum Gasteiger partial charge on any atom is -0.397 e. The molecule has 0 fully saturated rings. The van der Waals surface area contributed by atoms with E-state index in [0.717, 1.165) is 11.3 Å². The van der Waals surface area contributed by atoms with Crippen molar-refractivity contribution in [3.05, 3.63) is 46.7 Å². The molecule has 0 spiro atoms. The van der Waals surface area contributed by atoms with E-state index in [4.69, 9.17) is 23.1 Å². The molecule has 0 heterocycles. The summed E-state index contributed by atoms with van der Waals surface area (Å²) in [5, 5.41) is -0.0961. The predicted molar refractivity (Wildman–Crippen MR) is 84.1 cm³/mol. The summed E-state index contributed by atoms with van der Waals surface area (Å²) in [7, 11) is 0. The van der Waals surface area contributed by atoms with Crippen molar-refractivity contribution in [2.75, 3.05) is 22.9 Å². The topological polar surface area (TPSA) is 55.3 Å². The Kier molecular flexibility index (Phi) is 4.04. The maximum Gasteiger partial charge on any atom is 0.169 e. The molecule has 106 valence electrons. The fraction of sp³-hybridized carbons (Fsp3) is 0.200. The Morgan fingerprint density at radius 1 is 1.20 bits per heavy atom. The highest BCUT2D eigenvalue weighted by Gasteiger charge is 2.21. The van der Waals surface area contributed by atoms with E-state index >= 15 is 0 Å². The molecule has 0 saturated heterocycles. The van der Waals surface area contributed by atoms with E-state index in [1.165, 1.54) is 6.07 Å². The lowest BCUT2D eigenvalue weighted by atomic mass is 10.1. The number of hydrogen-bond donors (Lipinski definition) is 2. The summed E-state index contributed by atoms with van der Waals surface area (Å²) in [6, 6.07) is 9.20. The van der Waals surface area contributed by atoms with Gasteiger partial charge in [-0.05, 0) is 31.5 Å². The molecule has 0 atom stereocenters. The van der Waals surface area contributed by atoms with Crippen LogP contribution in [0.3, 0.4) is 0 Å². The summed E-state index contributed by atoms with van der Waals surface area (Å²) in [6.07, 6.45) is 0. The van der Waals surface area contributed by atoms with Crippen molar-refractivity contribution >= 4 is 34.4 Å². The molecule has 2 rings (SSSR count). The lowest BCUT2D eigenvalue weighted by Crippen LogP contribution is -2.20. The van der Waals surface area contributed by atoms with Gasteiger partial charge in [-0.25, -0.2) is 4.39 Å². The van der Waals surface area contributed by atoms with E-state index in [1.807, 2.05) is 38.1 Å². The van der Waals surface area contributed by atoms with Crippen molar-refractivity contribution in [3.8, 4) is 0 Å². The van der Waals surface area contributed by atoms with Crippen LogP contribution in [-0.2, 0) is 0 Å². The molecule has 0 saturated carbocycles. The molecule has 20 heavy (non-hydrogen) atoms. The molecule has 0 aliphatic rings. The molecule has 0 unspecified atom stereocenters. The standard InChI is InChI=1S/C15H17ClFN3/c1-3-20(12-7-5-4-6-9(12)2)15-11(19)8-10(18)13(16)14(15)17/h4-8H,3,18-19H2,1-2H3. The van der Waals surface area contributed by atoms with Gasteiger partial charge in [-0.1, -0.05) is 29.8 Å². The maximum absolute atomic E-state index is 14.4. The van der Waals surface area contributed by atoms with Gasteiger partial charge in [0.2, 0.25) is 0 Å². The van der Waals surface area contributed by atoms with Gasteiger partial charge in [-0.15, -0.1) is 0 Å². The number of halogens is 2. The molecule has 5 heteroatoms. The quantitative estimate of drug-likeness (QED) is 0.837. The summed E-state index contributed by atoms with van der Waals surface area (Å²) in [5.74, 6) is -0.589. The Bertz CT molecular complexity index is 643. The van der Waals surface area contributed by atoms with E-state index in [-0.39, 0.29) is 22.1 Å². The maximum atomic E-state index is 14.4. The smallest absolute Gasteiger partial charge is 0.169 e. The van der Waals surface area contributed by atoms with Crippen LogP contribution >= 0.6 is 11.6 Å². The summed E-state index contributed by atoms with van der Waals surface area (Å²) >= 11 is 5.90. The number of para-hydroxylation sites is 1. The summed E-state index contributed by atoms with van der Waals surface area (Å²) in [6.45, 7) is 4.45. The van der Waals surface area contributed by atoms with Crippen molar-refractivity contribution < 1.29 is 4.39 Å². The highest BCUT2D eigenvalue weighted by molar-refractivity contribution is 6.33. The van der Waals surface area contributed by atoms with E-state index < -0.39 is 5.82 Å². The fourth-order valence-electron chi connectivity index (χ4n) is 2.25. The summed E-state index contributed by atoms with van der Waals surface area (Å²) in [4.78, 5) is 1.80. The van der Waals surface area contributed by atoms with Crippen LogP contribution in [0.5, 0.6) is 0 Å². The second-order valence-electron chi connectivity index (χ2n) is 4.56. The van der Waals surface area contributed by atoms with Gasteiger partial charge in [-0.2, -0.15) is 0 Å². The van der Waals surface area contributed by atoms with Gasteiger partial charge in [0.15, 0.2) is 5.82 Å². The SMILES string of the molecule is CCN(c1ccccc1C)c1c(N)cc(N)c(Cl)c1F. The van der Waals surface area contributed by atoms with Gasteiger partial charge in [0, 0.05) is 12.2 Å². The molecule has 0 aliphatic carbocycles. The summed E-state index contributed by atoms with van der Waals surface area (Å²) in [5.41, 5.74) is 14.2. The van der Waals surface area contributed by atoms with E-state index in [2.05, 4.69) is 0 Å². The van der Waals surface area contributed by atoms with Crippen molar-refractivity contribution in [2.45, 2.75) is 13.8 Å². The molecule has 0 radical (unpaired) electrons. The number of rotatable bonds is 3. The third-order valence-corrected chi connectivity index (χ3v) is 3.62. The molecule has 0 aromatic heterocycles. The molecule has 3 nitrogen and oxygen atoms in total. The van der Waals surface area contributed by atoms with Gasteiger partial charge in [0.25, 0.3) is 0 Å². The molecule has 0 bridgehead atoms. The average molecular weight is 294 g/mol. The van der Waals surface area contributed by atoms with Crippen LogP contribution in [0.25, 0.3) is 0 Å². The lowest BCUT2D eigenvalue weighted by Gasteiger charge is -2.27. The van der Waals surface area contributed by atoms with Crippen LogP contribution in [0.4, 0.5) is 27.1 Å². The Morgan fingerprint density at radius 3 is 2.45 bits per heavy atom. The van der Waals surface area contributed by atoms with Crippen molar-refractivity contribution in [1.82, 2.24) is 0 Å². The third-order valence-electron chi connectivity index (χ3n) is 3.23. The Balaban J connectivity index is 2.65. The molecule has 0 amide bonds. The molecular weight excluding hydrogens is 277 g/mol. The molecule has 2 aromatic rings. The van der Waals surface area contributed by atoms with Crippen LogP contribution in [0.2, 0.25) is 5.02 Å². The second kappa shape index (κ2) is 5.59. The third kappa shape index (κ3) is 2.39. The van der Waals surface area contributed by atoms with Crippen LogP contribution < -0.4 is 16.4 Å². The van der Waals surface area contributed by atoms with Crippen LogP contribution in [-0.4, -0.2) is 6.54 Å². The first kappa shape index (κ1) is 14.5. The highest BCUT2D eigenvalue weighted by atomic mass is 35.5. The zero-order valence-corrected chi connectivity index (χ0v) is 12.2. The number of nitrogens with zero attached hydrogens (tertiary/aromatic N) is 1. The van der Waals surface area contributed by atoms with Crippen molar-refractivity contribution in [2.24, 2.45) is 0 Å². The Labute approximate surface area is 122 Å². The molecular formula is C15H17ClFN3. The highest BCUT2D eigenvalue weighted by Crippen LogP contribution is 2.39. The molecule has 2 aromatic carbocycles. The average Bonchev–Trinajstić information content (AvgIpc) is 2.42. The Hall–Kier alpha value is -1.94. The van der Waals surface area contributed by atoms with Crippen molar-refractivity contribution in [3.63, 3.8) is 0 Å². The Morgan fingerprint density at radius 2 is 1.85 bits per heavy atom. The molecule has 0 aliphatic heterocycles. The minimum atomic E-state index is -0.589. The normalized spacial score (nSPS) is 10.6. The van der Waals surface area contributed by atoms with E-state index in [0.29, 0.717) is 6.54 Å². The lowest BCUT2D eigenvalue weighted by molar-refractivity contribution is 0.627. The van der Waals surface area contributed by atoms with Gasteiger partial charge >= 0.3 is 0 Å². The zero-order chi connectivity index (χ0) is 14.9. The minimum absolute atomic E-state index is 0.0961. The summed E-state index contributed by atoms with van der Waals surface area (Å²) < 4.78 is 14.4. The van der Waals surface area contributed by atoms with Gasteiger partial charge < -0.3 is 16.4 Å². The first-order valence-corrected chi connectivity index (χ1v) is 6.71. The second-order valence-corrected chi connectivity index (χ2v) is 4.94. The van der Waals surface area contributed by atoms with Crippen molar-refractivity contribution in [1.29, 1.82) is 0 Å². The van der Waals surface area contributed by atoms with Gasteiger partial charge in [0.1, 0.15) is 10.7 Å². The number of nitrogen functional groups attached to an aromatic ring is 2. The van der Waals surface area contributed by atoms with Gasteiger partial charge in [-0.3, -0.25) is 0 Å². The van der Waals surface area contributed by atoms with E-state index in [1.54, 1.807) is 4.90 Å². The number of anilines is 4. The number of aryl methyl sites for hydroxylation is 1. The number of benzene rings is 2. The first-order valence-electron chi connectivity index (χ1n) is 6.33. The van der Waals surface area contributed by atoms with Crippen LogP contribution in [0.1, 0.15) is 12.5 Å². The van der Waals surface area contributed by atoms with Gasteiger partial charge in [0.05, 0.1) is 11.4 Å². The molecule has 4 N–H and O–H groups in total. The van der Waals surface area contributed by atoms with Crippen LogP contribution in [0, 0.1) is 12.7 Å². The predicted octanol–water partition coefficient (Wildman–Crippen LogP) is 4.11. The number of hydrogen-bond acceptors (Lipinski definition) is 3. The van der Waals surface area contributed by atoms with Crippen LogP contribution in [0.15, 0.2) is 30.3 Å². The zero-order valence-electron chi connectivity index (χ0n) is 11.5. The first-order chi connectivity index (χ1) is 9.47. The van der Waals surface area contributed by atoms with E-state index in [9.17, 15) is 4.39 Å². The fourth-order valence-corrected chi connectivity index (χ4v) is 2.39.